The van der Waals surface area contributed by atoms with E-state index in [2.05, 4.69) is 69.4 Å². The number of allylic oxidation sites excluding steroid dienone is 8. The van der Waals surface area contributed by atoms with E-state index in [4.69, 9.17) is 14.2 Å². The van der Waals surface area contributed by atoms with Crippen LogP contribution in [0, 0.1) is 0 Å². The zero-order chi connectivity index (χ0) is 41.5. The van der Waals surface area contributed by atoms with Gasteiger partial charge in [0.25, 0.3) is 0 Å². The Bertz CT molecular complexity index is 1010. The van der Waals surface area contributed by atoms with Gasteiger partial charge in [-0.1, -0.05) is 211 Å². The van der Waals surface area contributed by atoms with Gasteiger partial charge in [0.1, 0.15) is 13.2 Å². The third kappa shape index (κ3) is 44.3. The van der Waals surface area contributed by atoms with Gasteiger partial charge in [0.2, 0.25) is 0 Å². The van der Waals surface area contributed by atoms with Crippen molar-refractivity contribution in [3.63, 3.8) is 0 Å². The predicted octanol–water partition coefficient (Wildman–Crippen LogP) is 15.5. The Hall–Kier alpha value is -2.63. The van der Waals surface area contributed by atoms with E-state index in [1.54, 1.807) is 0 Å². The average molecular weight is 799 g/mol. The van der Waals surface area contributed by atoms with Crippen molar-refractivity contribution >= 4 is 17.9 Å². The summed E-state index contributed by atoms with van der Waals surface area (Å²) in [6.07, 6.45) is 54.0. The van der Waals surface area contributed by atoms with Gasteiger partial charge in [-0.2, -0.15) is 0 Å². The minimum atomic E-state index is -0.766. The highest BCUT2D eigenvalue weighted by atomic mass is 16.6. The summed E-state index contributed by atoms with van der Waals surface area (Å²) >= 11 is 0. The van der Waals surface area contributed by atoms with Gasteiger partial charge in [-0.15, -0.1) is 0 Å². The molecule has 0 aromatic heterocycles. The summed E-state index contributed by atoms with van der Waals surface area (Å²) in [5, 5.41) is 0. The van der Waals surface area contributed by atoms with E-state index in [-0.39, 0.29) is 31.1 Å². The van der Waals surface area contributed by atoms with E-state index < -0.39 is 6.10 Å². The summed E-state index contributed by atoms with van der Waals surface area (Å²) in [7, 11) is 0. The van der Waals surface area contributed by atoms with Gasteiger partial charge in [-0.3, -0.25) is 14.4 Å². The van der Waals surface area contributed by atoms with Crippen LogP contribution in [0.2, 0.25) is 0 Å². The summed E-state index contributed by atoms with van der Waals surface area (Å²) in [5.41, 5.74) is 0. The third-order valence-corrected chi connectivity index (χ3v) is 10.3. The lowest BCUT2D eigenvalue weighted by atomic mass is 10.1. The molecule has 0 N–H and O–H groups in total. The number of esters is 3. The van der Waals surface area contributed by atoms with E-state index in [0.717, 1.165) is 83.5 Å². The Balaban J connectivity index is 4.13. The van der Waals surface area contributed by atoms with Crippen LogP contribution in [0.4, 0.5) is 0 Å². The van der Waals surface area contributed by atoms with Gasteiger partial charge in [0.05, 0.1) is 0 Å². The van der Waals surface area contributed by atoms with Crippen molar-refractivity contribution in [3.05, 3.63) is 48.6 Å². The summed E-state index contributed by atoms with van der Waals surface area (Å²) < 4.78 is 16.6. The Morgan fingerprint density at radius 3 is 1.07 bits per heavy atom. The molecular formula is C51H90O6. The Morgan fingerprint density at radius 1 is 0.368 bits per heavy atom. The first-order chi connectivity index (χ1) is 28.0. The maximum Gasteiger partial charge on any atom is 0.306 e. The van der Waals surface area contributed by atoms with E-state index in [1.807, 2.05) is 0 Å². The molecule has 0 aliphatic carbocycles. The standard InChI is InChI=1S/C51H90O6/c1-4-7-10-13-16-18-19-20-21-22-23-24-25-26-27-28-29-30-31-33-35-38-41-44-50(53)56-47-48(46-55-49(52)43-40-37-34-15-12-9-6-3)57-51(54)45-42-39-36-32-17-14-11-8-5-2/h7,10,16,18,20-21,23-24,48H,4-6,8-9,11-15,17,19,22,25-47H2,1-3H3/b10-7-,18-16-,21-20-,24-23-. The zero-order valence-electron chi connectivity index (χ0n) is 37.6. The molecule has 0 aromatic rings. The van der Waals surface area contributed by atoms with Gasteiger partial charge < -0.3 is 14.2 Å². The SMILES string of the molecule is CC/C=C\C/C=C\C/C=C\C/C=C\CCCCCCCCCCCCC(=O)OCC(COC(=O)CCCCCCCCC)OC(=O)CCCCCCCCCCC. The van der Waals surface area contributed by atoms with Crippen LogP contribution < -0.4 is 0 Å². The molecule has 330 valence electrons. The number of rotatable bonds is 43. The molecular weight excluding hydrogens is 709 g/mol. The molecule has 6 heteroatoms. The number of carbonyl (C=O) groups is 3. The normalized spacial score (nSPS) is 12.4. The smallest absolute Gasteiger partial charge is 0.306 e. The van der Waals surface area contributed by atoms with Crippen LogP contribution >= 0.6 is 0 Å². The van der Waals surface area contributed by atoms with Crippen molar-refractivity contribution < 1.29 is 28.6 Å². The molecule has 0 radical (unpaired) electrons. The zero-order valence-corrected chi connectivity index (χ0v) is 37.6. The van der Waals surface area contributed by atoms with Crippen molar-refractivity contribution in [2.24, 2.45) is 0 Å². The van der Waals surface area contributed by atoms with E-state index >= 15 is 0 Å². The molecule has 0 heterocycles. The second-order valence-electron chi connectivity index (χ2n) is 16.0. The molecule has 0 rings (SSSR count). The van der Waals surface area contributed by atoms with E-state index in [1.165, 1.54) is 116 Å². The summed E-state index contributed by atoms with van der Waals surface area (Å²) in [6.45, 7) is 6.46. The van der Waals surface area contributed by atoms with E-state index in [0.29, 0.717) is 19.3 Å². The van der Waals surface area contributed by atoms with Crippen molar-refractivity contribution in [2.45, 2.75) is 245 Å². The molecule has 0 bridgehead atoms. The molecule has 0 amide bonds. The second kappa shape index (κ2) is 46.1. The lowest BCUT2D eigenvalue weighted by molar-refractivity contribution is -0.167. The molecule has 1 unspecified atom stereocenters. The molecule has 0 aromatic carbocycles. The van der Waals surface area contributed by atoms with Crippen molar-refractivity contribution in [1.29, 1.82) is 0 Å². The summed E-state index contributed by atoms with van der Waals surface area (Å²) in [4.78, 5) is 37.6. The van der Waals surface area contributed by atoms with E-state index in [9.17, 15) is 14.4 Å². The first kappa shape index (κ1) is 54.4. The molecule has 1 atom stereocenters. The summed E-state index contributed by atoms with van der Waals surface area (Å²) in [6, 6.07) is 0. The fraction of sp³-hybridized carbons (Fsp3) is 0.784. The van der Waals surface area contributed by atoms with Crippen LogP contribution in [0.5, 0.6) is 0 Å². The van der Waals surface area contributed by atoms with Gasteiger partial charge in [-0.05, 0) is 57.8 Å². The first-order valence-electron chi connectivity index (χ1n) is 24.1. The average Bonchev–Trinajstić information content (AvgIpc) is 3.21. The third-order valence-electron chi connectivity index (χ3n) is 10.3. The van der Waals surface area contributed by atoms with Gasteiger partial charge >= 0.3 is 17.9 Å². The van der Waals surface area contributed by atoms with Gasteiger partial charge in [0, 0.05) is 19.3 Å². The van der Waals surface area contributed by atoms with Crippen LogP contribution in [-0.4, -0.2) is 37.2 Å². The maximum absolute atomic E-state index is 12.6. The minimum Gasteiger partial charge on any atom is -0.462 e. The largest absolute Gasteiger partial charge is 0.462 e. The molecule has 0 spiro atoms. The maximum atomic E-state index is 12.6. The fourth-order valence-corrected chi connectivity index (χ4v) is 6.73. The van der Waals surface area contributed by atoms with Crippen LogP contribution in [0.15, 0.2) is 48.6 Å². The first-order valence-corrected chi connectivity index (χ1v) is 24.1. The molecule has 0 aliphatic rings. The summed E-state index contributed by atoms with van der Waals surface area (Å²) in [5.74, 6) is -0.883. The number of hydrogen-bond donors (Lipinski definition) is 0. The van der Waals surface area contributed by atoms with Gasteiger partial charge in [-0.25, -0.2) is 0 Å². The van der Waals surface area contributed by atoms with Crippen molar-refractivity contribution in [2.75, 3.05) is 13.2 Å². The van der Waals surface area contributed by atoms with Gasteiger partial charge in [0.15, 0.2) is 6.10 Å². The molecule has 57 heavy (non-hydrogen) atoms. The quantitative estimate of drug-likeness (QED) is 0.0265. The lowest BCUT2D eigenvalue weighted by Crippen LogP contribution is -2.30. The van der Waals surface area contributed by atoms with Crippen molar-refractivity contribution in [1.82, 2.24) is 0 Å². The molecule has 0 saturated heterocycles. The lowest BCUT2D eigenvalue weighted by Gasteiger charge is -2.18. The number of carbonyl (C=O) groups excluding carboxylic acids is 3. The fourth-order valence-electron chi connectivity index (χ4n) is 6.73. The second-order valence-corrected chi connectivity index (χ2v) is 16.0. The predicted molar refractivity (Wildman–Crippen MR) is 242 cm³/mol. The highest BCUT2D eigenvalue weighted by Gasteiger charge is 2.19. The number of hydrogen-bond acceptors (Lipinski definition) is 6. The highest BCUT2D eigenvalue weighted by Crippen LogP contribution is 2.15. The number of unbranched alkanes of at least 4 members (excludes halogenated alkanes) is 24. The van der Waals surface area contributed by atoms with Crippen LogP contribution in [0.1, 0.15) is 239 Å². The monoisotopic (exact) mass is 799 g/mol. The Morgan fingerprint density at radius 2 is 0.684 bits per heavy atom. The van der Waals surface area contributed by atoms with Crippen LogP contribution in [-0.2, 0) is 28.6 Å². The molecule has 0 aliphatic heterocycles. The van der Waals surface area contributed by atoms with Crippen LogP contribution in [0.25, 0.3) is 0 Å². The van der Waals surface area contributed by atoms with Crippen molar-refractivity contribution in [3.8, 4) is 0 Å². The topological polar surface area (TPSA) is 78.9 Å². The Labute approximate surface area is 352 Å². The van der Waals surface area contributed by atoms with Crippen LogP contribution in [0.3, 0.4) is 0 Å². The Kier molecular flexibility index (Phi) is 43.9. The molecule has 0 fully saturated rings. The number of ether oxygens (including phenoxy) is 3. The minimum absolute atomic E-state index is 0.0720. The molecule has 0 saturated carbocycles. The highest BCUT2D eigenvalue weighted by molar-refractivity contribution is 5.71. The molecule has 6 nitrogen and oxygen atoms in total.